The van der Waals surface area contributed by atoms with E-state index in [1.165, 1.54) is 37.5 Å². The second-order valence-electron chi connectivity index (χ2n) is 4.13. The maximum absolute atomic E-state index is 12.8. The Kier molecular flexibility index (Phi) is 4.38. The van der Waals surface area contributed by atoms with E-state index in [1.807, 2.05) is 0 Å². The van der Waals surface area contributed by atoms with Crippen LogP contribution in [0.25, 0.3) is 0 Å². The Labute approximate surface area is 124 Å². The van der Waals surface area contributed by atoms with Crippen molar-refractivity contribution in [1.29, 1.82) is 0 Å². The maximum Gasteiger partial charge on any atom is 0.421 e. The van der Waals surface area contributed by atoms with Gasteiger partial charge in [0.1, 0.15) is 11.3 Å². The minimum Gasteiger partial charge on any atom is -0.438 e. The maximum atomic E-state index is 12.8. The summed E-state index contributed by atoms with van der Waals surface area (Å²) in [6.45, 7) is 0. The highest BCUT2D eigenvalue weighted by atomic mass is 32.2. The van der Waals surface area contributed by atoms with E-state index in [1.54, 1.807) is 0 Å². The Bertz CT molecular complexity index is 759. The second kappa shape index (κ2) is 5.93. The summed E-state index contributed by atoms with van der Waals surface area (Å²) in [6, 6.07) is 6.94. The number of ether oxygens (including phenoxy) is 1. The van der Waals surface area contributed by atoms with Crippen LogP contribution in [0.4, 0.5) is 13.2 Å². The molecular formula is C13H11F3N2O3S. The second-order valence-corrected chi connectivity index (χ2v) is 6.02. The van der Waals surface area contributed by atoms with Crippen molar-refractivity contribution in [3.8, 4) is 11.6 Å². The third-order valence-electron chi connectivity index (χ3n) is 2.69. The van der Waals surface area contributed by atoms with E-state index in [-0.39, 0.29) is 10.6 Å². The molecule has 0 amide bonds. The van der Waals surface area contributed by atoms with Crippen molar-refractivity contribution in [3.63, 3.8) is 0 Å². The normalized spacial score (nSPS) is 12.2. The molecule has 1 N–H and O–H groups in total. The van der Waals surface area contributed by atoms with Crippen LogP contribution in [0.3, 0.4) is 0 Å². The van der Waals surface area contributed by atoms with Gasteiger partial charge in [-0.2, -0.15) is 13.2 Å². The summed E-state index contributed by atoms with van der Waals surface area (Å²) in [4.78, 5) is 3.53. The SMILES string of the molecule is CNS(=O)(=O)c1ccc(Oc2ncccc2C(F)(F)F)cc1. The standard InChI is InChI=1S/C13H11F3N2O3S/c1-17-22(19,20)10-6-4-9(5-7-10)21-12-11(13(14,15)16)3-2-8-18-12/h2-8,17H,1H3. The van der Waals surface area contributed by atoms with Crippen molar-refractivity contribution in [2.24, 2.45) is 0 Å². The van der Waals surface area contributed by atoms with Gasteiger partial charge in [-0.3, -0.25) is 0 Å². The molecule has 0 saturated heterocycles. The number of nitrogens with one attached hydrogen (secondary N) is 1. The first-order valence-corrected chi connectivity index (χ1v) is 7.46. The Morgan fingerprint density at radius 2 is 1.77 bits per heavy atom. The van der Waals surface area contributed by atoms with Crippen molar-refractivity contribution in [2.75, 3.05) is 7.05 Å². The van der Waals surface area contributed by atoms with Crippen molar-refractivity contribution >= 4 is 10.0 Å². The average molecular weight is 332 g/mol. The summed E-state index contributed by atoms with van der Waals surface area (Å²) in [5.41, 5.74) is -1.01. The highest BCUT2D eigenvalue weighted by molar-refractivity contribution is 7.89. The number of hydrogen-bond acceptors (Lipinski definition) is 4. The molecule has 0 spiro atoms. The Morgan fingerprint density at radius 1 is 1.14 bits per heavy atom. The number of hydrogen-bond donors (Lipinski definition) is 1. The Balaban J connectivity index is 2.30. The predicted octanol–water partition coefficient (Wildman–Crippen LogP) is 2.80. The van der Waals surface area contributed by atoms with E-state index in [0.717, 1.165) is 12.1 Å². The number of nitrogens with zero attached hydrogens (tertiary/aromatic N) is 1. The molecule has 22 heavy (non-hydrogen) atoms. The lowest BCUT2D eigenvalue weighted by Gasteiger charge is -2.12. The molecule has 0 aliphatic rings. The zero-order valence-electron chi connectivity index (χ0n) is 11.3. The van der Waals surface area contributed by atoms with E-state index in [2.05, 4.69) is 9.71 Å². The zero-order chi connectivity index (χ0) is 16.4. The van der Waals surface area contributed by atoms with E-state index in [4.69, 9.17) is 4.74 Å². The monoisotopic (exact) mass is 332 g/mol. The fraction of sp³-hybridized carbons (Fsp3) is 0.154. The summed E-state index contributed by atoms with van der Waals surface area (Å²) < 4.78 is 68.7. The van der Waals surface area contributed by atoms with E-state index in [9.17, 15) is 21.6 Å². The fourth-order valence-electron chi connectivity index (χ4n) is 1.60. The van der Waals surface area contributed by atoms with Gasteiger partial charge in [-0.25, -0.2) is 18.1 Å². The van der Waals surface area contributed by atoms with Gasteiger partial charge < -0.3 is 4.74 Å². The van der Waals surface area contributed by atoms with Crippen molar-refractivity contribution in [1.82, 2.24) is 9.71 Å². The lowest BCUT2D eigenvalue weighted by Crippen LogP contribution is -2.18. The molecule has 9 heteroatoms. The third-order valence-corrected chi connectivity index (χ3v) is 4.12. The summed E-state index contributed by atoms with van der Waals surface area (Å²) in [5.74, 6) is -0.557. The van der Waals surface area contributed by atoms with Gasteiger partial charge in [-0.1, -0.05) is 0 Å². The molecule has 0 fully saturated rings. The number of alkyl halides is 3. The lowest BCUT2D eigenvalue weighted by atomic mass is 10.2. The first-order valence-electron chi connectivity index (χ1n) is 5.98. The zero-order valence-corrected chi connectivity index (χ0v) is 12.1. The summed E-state index contributed by atoms with van der Waals surface area (Å²) >= 11 is 0. The summed E-state index contributed by atoms with van der Waals surface area (Å²) in [5, 5.41) is 0. The van der Waals surface area contributed by atoms with E-state index >= 15 is 0 Å². The molecule has 0 radical (unpaired) electrons. The van der Waals surface area contributed by atoms with Crippen LogP contribution in [-0.2, 0) is 16.2 Å². The molecule has 2 rings (SSSR count). The fourth-order valence-corrected chi connectivity index (χ4v) is 2.33. The smallest absolute Gasteiger partial charge is 0.421 e. The molecule has 0 bridgehead atoms. The average Bonchev–Trinajstić information content (AvgIpc) is 2.47. The molecule has 0 aliphatic carbocycles. The van der Waals surface area contributed by atoms with Gasteiger partial charge in [-0.05, 0) is 43.4 Å². The molecule has 2 aromatic rings. The van der Waals surface area contributed by atoms with Gasteiger partial charge in [0.15, 0.2) is 0 Å². The number of halogens is 3. The molecule has 0 saturated carbocycles. The van der Waals surface area contributed by atoms with Crippen molar-refractivity contribution in [3.05, 3.63) is 48.2 Å². The number of pyridine rings is 1. The molecule has 1 heterocycles. The lowest BCUT2D eigenvalue weighted by molar-refractivity contribution is -0.138. The highest BCUT2D eigenvalue weighted by Crippen LogP contribution is 2.36. The van der Waals surface area contributed by atoms with Crippen LogP contribution in [0.5, 0.6) is 11.6 Å². The molecule has 0 unspecified atom stereocenters. The quantitative estimate of drug-likeness (QED) is 0.935. The van der Waals surface area contributed by atoms with Gasteiger partial charge in [0.2, 0.25) is 15.9 Å². The van der Waals surface area contributed by atoms with Crippen LogP contribution in [0.1, 0.15) is 5.56 Å². The molecule has 118 valence electrons. The van der Waals surface area contributed by atoms with Crippen LogP contribution in [0.15, 0.2) is 47.5 Å². The topological polar surface area (TPSA) is 68.3 Å². The molecule has 1 aromatic carbocycles. The van der Waals surface area contributed by atoms with Crippen LogP contribution in [0, 0.1) is 0 Å². The van der Waals surface area contributed by atoms with Crippen LogP contribution >= 0.6 is 0 Å². The van der Waals surface area contributed by atoms with Crippen molar-refractivity contribution in [2.45, 2.75) is 11.1 Å². The number of aromatic nitrogens is 1. The molecule has 5 nitrogen and oxygen atoms in total. The van der Waals surface area contributed by atoms with Gasteiger partial charge in [0.25, 0.3) is 0 Å². The Morgan fingerprint density at radius 3 is 2.32 bits per heavy atom. The van der Waals surface area contributed by atoms with E-state index in [0.29, 0.717) is 0 Å². The van der Waals surface area contributed by atoms with Crippen LogP contribution in [0.2, 0.25) is 0 Å². The van der Waals surface area contributed by atoms with Crippen LogP contribution < -0.4 is 9.46 Å². The first kappa shape index (κ1) is 16.2. The summed E-state index contributed by atoms with van der Waals surface area (Å²) in [7, 11) is -2.37. The summed E-state index contributed by atoms with van der Waals surface area (Å²) in [6.07, 6.45) is -3.43. The Hall–Kier alpha value is -2.13. The van der Waals surface area contributed by atoms with Gasteiger partial charge >= 0.3 is 6.18 Å². The number of benzene rings is 1. The van der Waals surface area contributed by atoms with Gasteiger partial charge in [0, 0.05) is 6.20 Å². The van der Waals surface area contributed by atoms with Crippen LogP contribution in [-0.4, -0.2) is 20.4 Å². The van der Waals surface area contributed by atoms with Crippen molar-refractivity contribution < 1.29 is 26.3 Å². The molecule has 0 aliphatic heterocycles. The molecule has 0 atom stereocenters. The number of rotatable bonds is 4. The van der Waals surface area contributed by atoms with E-state index < -0.39 is 27.6 Å². The number of sulfonamides is 1. The largest absolute Gasteiger partial charge is 0.438 e. The molecular weight excluding hydrogens is 321 g/mol. The van der Waals surface area contributed by atoms with Gasteiger partial charge in [0.05, 0.1) is 4.90 Å². The minimum absolute atomic E-state index is 0.0283. The first-order chi connectivity index (χ1) is 10.2. The third kappa shape index (κ3) is 3.55. The minimum atomic E-state index is -4.60. The molecule has 1 aromatic heterocycles. The highest BCUT2D eigenvalue weighted by Gasteiger charge is 2.35. The predicted molar refractivity (Wildman–Crippen MR) is 72.0 cm³/mol. The van der Waals surface area contributed by atoms with Gasteiger partial charge in [-0.15, -0.1) is 0 Å².